The number of nitrogens with two attached hydrogens (primary N) is 1. The van der Waals surface area contributed by atoms with Crippen LogP contribution in [0.5, 0.6) is 0 Å². The zero-order chi connectivity index (χ0) is 16.7. The molecule has 1 amide bonds. The highest BCUT2D eigenvalue weighted by Gasteiger charge is 2.57. The van der Waals surface area contributed by atoms with E-state index in [4.69, 9.17) is 15.2 Å². The van der Waals surface area contributed by atoms with E-state index in [9.17, 15) is 14.4 Å². The summed E-state index contributed by atoms with van der Waals surface area (Å²) in [6, 6.07) is -0.884. The highest BCUT2D eigenvalue weighted by molar-refractivity contribution is 6.04. The van der Waals surface area contributed by atoms with E-state index in [-0.39, 0.29) is 24.1 Å². The molecule has 3 aliphatic rings. The van der Waals surface area contributed by atoms with Crippen molar-refractivity contribution in [2.75, 3.05) is 39.9 Å². The molecule has 0 bridgehead atoms. The summed E-state index contributed by atoms with van der Waals surface area (Å²) in [6.07, 6.45) is -1.58. The number of primary amides is 1. The zero-order valence-electron chi connectivity index (χ0n) is 13.4. The largest absolute Gasteiger partial charge is 0.447 e. The lowest BCUT2D eigenvalue weighted by atomic mass is 9.71. The summed E-state index contributed by atoms with van der Waals surface area (Å²) >= 11 is 0. The number of methoxy groups -OCH3 is 1. The Morgan fingerprint density at radius 3 is 2.22 bits per heavy atom. The Balaban J connectivity index is 1.86. The highest BCUT2D eigenvalue weighted by atomic mass is 16.6. The van der Waals surface area contributed by atoms with Crippen molar-refractivity contribution < 1.29 is 23.9 Å². The molecule has 128 valence electrons. The summed E-state index contributed by atoms with van der Waals surface area (Å²) < 4.78 is 10.2. The van der Waals surface area contributed by atoms with Gasteiger partial charge in [-0.15, -0.1) is 0 Å². The third kappa shape index (κ3) is 3.11. The maximum atomic E-state index is 13.1. The molecule has 2 heterocycles. The van der Waals surface area contributed by atoms with Crippen molar-refractivity contribution in [3.05, 3.63) is 0 Å². The fourth-order valence-corrected chi connectivity index (χ4v) is 3.65. The predicted molar refractivity (Wildman–Crippen MR) is 79.7 cm³/mol. The van der Waals surface area contributed by atoms with Crippen LogP contribution in [0.2, 0.25) is 0 Å². The Morgan fingerprint density at radius 2 is 1.74 bits per heavy atom. The van der Waals surface area contributed by atoms with Gasteiger partial charge in [0, 0.05) is 39.2 Å². The van der Waals surface area contributed by atoms with Crippen LogP contribution in [-0.2, 0) is 19.1 Å². The van der Waals surface area contributed by atoms with Crippen LogP contribution in [0.25, 0.3) is 0 Å². The minimum atomic E-state index is -0.916. The number of Topliss-reactive ketones (excluding diaryl/α,β-unsaturated/α-hetero) is 2. The van der Waals surface area contributed by atoms with E-state index in [2.05, 4.69) is 0 Å². The monoisotopic (exact) mass is 325 g/mol. The first-order valence-electron chi connectivity index (χ1n) is 7.96. The lowest BCUT2D eigenvalue weighted by Gasteiger charge is -2.41. The Bertz CT molecular complexity index is 517. The average Bonchev–Trinajstić information content (AvgIpc) is 3.36. The van der Waals surface area contributed by atoms with Crippen LogP contribution in [0.4, 0.5) is 4.79 Å². The van der Waals surface area contributed by atoms with Crippen LogP contribution in [0.3, 0.4) is 0 Å². The van der Waals surface area contributed by atoms with Crippen LogP contribution in [0.1, 0.15) is 6.92 Å². The van der Waals surface area contributed by atoms with E-state index in [1.54, 1.807) is 0 Å². The number of ether oxygens (including phenoxy) is 2. The highest BCUT2D eigenvalue weighted by Crippen LogP contribution is 2.37. The van der Waals surface area contributed by atoms with Crippen LogP contribution in [0.15, 0.2) is 0 Å². The van der Waals surface area contributed by atoms with E-state index < -0.39 is 30.2 Å². The number of carbonyl (C=O) groups is 3. The summed E-state index contributed by atoms with van der Waals surface area (Å²) in [6.45, 7) is 4.98. The van der Waals surface area contributed by atoms with Crippen LogP contribution >= 0.6 is 0 Å². The zero-order valence-corrected chi connectivity index (χ0v) is 13.4. The molecule has 5 unspecified atom stereocenters. The second-order valence-corrected chi connectivity index (χ2v) is 6.49. The van der Waals surface area contributed by atoms with Crippen molar-refractivity contribution in [2.24, 2.45) is 17.6 Å². The molecule has 5 atom stereocenters. The van der Waals surface area contributed by atoms with Crippen molar-refractivity contribution in [1.82, 2.24) is 9.80 Å². The molecule has 2 N–H and O–H groups in total. The third-order valence-electron chi connectivity index (χ3n) is 5.02. The lowest BCUT2D eigenvalue weighted by molar-refractivity contribution is -0.152. The van der Waals surface area contributed by atoms with E-state index in [0.717, 1.165) is 26.2 Å². The van der Waals surface area contributed by atoms with Gasteiger partial charge in [-0.25, -0.2) is 4.79 Å². The summed E-state index contributed by atoms with van der Waals surface area (Å²) in [4.78, 5) is 40.8. The molecule has 1 saturated carbocycles. The molecule has 8 heteroatoms. The second-order valence-electron chi connectivity index (χ2n) is 6.49. The van der Waals surface area contributed by atoms with Gasteiger partial charge in [0.1, 0.15) is 12.7 Å². The minimum Gasteiger partial charge on any atom is -0.447 e. The fourth-order valence-electron chi connectivity index (χ4n) is 3.65. The molecule has 8 nitrogen and oxygen atoms in total. The molecule has 23 heavy (non-hydrogen) atoms. The summed E-state index contributed by atoms with van der Waals surface area (Å²) in [7, 11) is 1.45. The minimum absolute atomic E-state index is 0.00594. The van der Waals surface area contributed by atoms with Gasteiger partial charge in [-0.1, -0.05) is 6.92 Å². The Labute approximate surface area is 134 Å². The number of nitrogens with zero attached hydrogens (tertiary/aromatic N) is 2. The Hall–Kier alpha value is -1.51. The van der Waals surface area contributed by atoms with Crippen molar-refractivity contribution in [1.29, 1.82) is 0 Å². The quantitative estimate of drug-likeness (QED) is 0.617. The van der Waals surface area contributed by atoms with Crippen molar-refractivity contribution in [3.8, 4) is 0 Å². The molecule has 2 aliphatic heterocycles. The normalized spacial score (nSPS) is 35.9. The van der Waals surface area contributed by atoms with E-state index in [1.165, 1.54) is 7.11 Å². The van der Waals surface area contributed by atoms with Gasteiger partial charge in [-0.3, -0.25) is 19.4 Å². The van der Waals surface area contributed by atoms with Crippen LogP contribution in [-0.4, -0.2) is 85.5 Å². The SMILES string of the molecule is COC(COC(N)=O)C1C(=O)C(N2CC2)C(C)C(=O)C1N1CC1. The number of carbonyl (C=O) groups excluding carboxylic acids is 3. The Kier molecular flexibility index (Phi) is 4.39. The molecule has 2 saturated heterocycles. The van der Waals surface area contributed by atoms with Gasteiger partial charge in [0.15, 0.2) is 11.6 Å². The number of amides is 1. The van der Waals surface area contributed by atoms with Gasteiger partial charge in [-0.05, 0) is 0 Å². The van der Waals surface area contributed by atoms with Gasteiger partial charge >= 0.3 is 6.09 Å². The van der Waals surface area contributed by atoms with Gasteiger partial charge in [0.25, 0.3) is 0 Å². The van der Waals surface area contributed by atoms with Crippen LogP contribution in [0, 0.1) is 11.8 Å². The summed E-state index contributed by atoms with van der Waals surface area (Å²) in [5, 5.41) is 0. The van der Waals surface area contributed by atoms with Gasteiger partial charge < -0.3 is 15.2 Å². The Morgan fingerprint density at radius 1 is 1.17 bits per heavy atom. The lowest BCUT2D eigenvalue weighted by Crippen LogP contribution is -2.61. The summed E-state index contributed by atoms with van der Waals surface area (Å²) in [5.74, 6) is -0.867. The van der Waals surface area contributed by atoms with Gasteiger partial charge in [0.2, 0.25) is 0 Å². The molecule has 3 fully saturated rings. The first-order chi connectivity index (χ1) is 11.0. The van der Waals surface area contributed by atoms with Gasteiger partial charge in [0.05, 0.1) is 18.0 Å². The van der Waals surface area contributed by atoms with Crippen molar-refractivity contribution >= 4 is 17.7 Å². The molecule has 0 radical (unpaired) electrons. The fraction of sp³-hybridized carbons (Fsp3) is 0.800. The van der Waals surface area contributed by atoms with E-state index in [1.807, 2.05) is 16.7 Å². The molecular weight excluding hydrogens is 302 g/mol. The molecule has 1 aliphatic carbocycles. The maximum absolute atomic E-state index is 13.1. The first kappa shape index (κ1) is 16.4. The third-order valence-corrected chi connectivity index (χ3v) is 5.02. The van der Waals surface area contributed by atoms with Crippen molar-refractivity contribution in [2.45, 2.75) is 25.1 Å². The number of rotatable bonds is 6. The topological polar surface area (TPSA) is 102 Å². The molecule has 0 aromatic heterocycles. The standard InChI is InChI=1S/C15H23N3O5/c1-8-11(17-3-4-17)14(20)10(9(22-2)7-23-15(16)21)12(13(8)19)18-5-6-18/h8-12H,3-7H2,1-2H3,(H2,16,21). The summed E-state index contributed by atoms with van der Waals surface area (Å²) in [5.41, 5.74) is 5.01. The first-order valence-corrected chi connectivity index (χ1v) is 7.96. The molecule has 0 aromatic rings. The smallest absolute Gasteiger partial charge is 0.404 e. The van der Waals surface area contributed by atoms with Crippen molar-refractivity contribution in [3.63, 3.8) is 0 Å². The molecular formula is C15H23N3O5. The number of ketones is 2. The number of hydrogen-bond acceptors (Lipinski definition) is 7. The van der Waals surface area contributed by atoms with Gasteiger partial charge in [-0.2, -0.15) is 0 Å². The van der Waals surface area contributed by atoms with Crippen LogP contribution < -0.4 is 5.73 Å². The predicted octanol–water partition coefficient (Wildman–Crippen LogP) is -1.13. The van der Waals surface area contributed by atoms with E-state index >= 15 is 0 Å². The molecule has 0 aromatic carbocycles. The molecule has 3 rings (SSSR count). The van der Waals surface area contributed by atoms with E-state index in [0.29, 0.717) is 0 Å². The number of hydrogen-bond donors (Lipinski definition) is 1. The maximum Gasteiger partial charge on any atom is 0.404 e. The second kappa shape index (κ2) is 6.18. The average molecular weight is 325 g/mol. The molecule has 0 spiro atoms.